The first-order chi connectivity index (χ1) is 66.8. The van der Waals surface area contributed by atoms with Gasteiger partial charge in [-0.1, -0.05) is 432 Å². The Morgan fingerprint density at radius 2 is 0.511 bits per heavy atom. The van der Waals surface area contributed by atoms with Gasteiger partial charge in [-0.3, -0.25) is 0 Å². The van der Waals surface area contributed by atoms with Gasteiger partial charge in [0.25, 0.3) is 0 Å². The van der Waals surface area contributed by atoms with E-state index in [1.807, 2.05) is 59.1 Å². The number of thiophene rings is 2. The van der Waals surface area contributed by atoms with Crippen LogP contribution in [0, 0.1) is 0 Å². The summed E-state index contributed by atoms with van der Waals surface area (Å²) in [6.07, 6.45) is 0. The van der Waals surface area contributed by atoms with Gasteiger partial charge in [-0.2, -0.15) is 32.3 Å². The first-order valence-corrected chi connectivity index (χ1v) is 48.9. The highest BCUT2D eigenvalue weighted by atomic mass is 127. The van der Waals surface area contributed by atoms with E-state index < -0.39 is 10.8 Å². The Morgan fingerprint density at radius 1 is 0.248 bits per heavy atom. The molecule has 18 aromatic carbocycles. The van der Waals surface area contributed by atoms with E-state index >= 15 is 0 Å². The van der Waals surface area contributed by atoms with Gasteiger partial charge in [0.05, 0.1) is 22.0 Å². The van der Waals surface area contributed by atoms with Crippen molar-refractivity contribution in [2.24, 2.45) is 0 Å². The second-order valence-corrected chi connectivity index (χ2v) is 37.8. The number of rotatable bonds is 14. The van der Waals surface area contributed by atoms with E-state index in [9.17, 15) is 0 Å². The summed E-state index contributed by atoms with van der Waals surface area (Å²) < 4.78 is 17.6. The van der Waals surface area contributed by atoms with Crippen molar-refractivity contribution in [2.45, 2.75) is 57.2 Å². The predicted octanol–water partition coefficient (Wildman–Crippen LogP) is 32.0. The van der Waals surface area contributed by atoms with Crippen LogP contribution >= 0.6 is 56.6 Å². The highest BCUT2D eigenvalue weighted by Gasteiger charge is 2.53. The third-order valence-corrected chi connectivity index (χ3v) is 29.6. The number of nitrogens with zero attached hydrogens (tertiary/aromatic N) is 6. The summed E-state index contributed by atoms with van der Waals surface area (Å²) >= 11 is 12.0. The molecule has 1 saturated heterocycles. The van der Waals surface area contributed by atoms with Crippen molar-refractivity contribution < 1.29 is 9.31 Å². The molecule has 0 bridgehead atoms. The highest BCUT2D eigenvalue weighted by molar-refractivity contribution is 14.1. The van der Waals surface area contributed by atoms with Crippen LogP contribution in [0.25, 0.3) is 164 Å². The van der Waals surface area contributed by atoms with Gasteiger partial charge >= 0.3 is 7.12 Å². The van der Waals surface area contributed by atoms with Crippen LogP contribution in [-0.2, 0) is 20.1 Å². The van der Waals surface area contributed by atoms with E-state index in [0.29, 0.717) is 29.1 Å². The summed E-state index contributed by atoms with van der Waals surface area (Å²) in [7, 11) is -0.322. The molecule has 2 aliphatic carbocycles. The minimum Gasteiger partial charge on any atom is -0.399 e. The normalized spacial score (nSPS) is 13.6. The monoisotopic (exact) mass is 1930 g/mol. The minimum absolute atomic E-state index is 0. The fourth-order valence-electron chi connectivity index (χ4n) is 20.2. The molecule has 137 heavy (non-hydrogen) atoms. The average Bonchev–Trinajstić information content (AvgIpc) is 1.54. The van der Waals surface area contributed by atoms with E-state index in [4.69, 9.17) is 40.8 Å². The molecule has 0 spiro atoms. The van der Waals surface area contributed by atoms with Gasteiger partial charge in [0.2, 0.25) is 5.28 Å². The maximum Gasteiger partial charge on any atom is 0.494 e. The molecule has 0 N–H and O–H groups in total. The zero-order chi connectivity index (χ0) is 92.1. The summed E-state index contributed by atoms with van der Waals surface area (Å²) in [5, 5.41) is 5.42. The lowest BCUT2D eigenvalue weighted by Crippen LogP contribution is -2.41. The molecular formula is C123H90B2ClIN6O2S2. The Labute approximate surface area is 827 Å². The van der Waals surface area contributed by atoms with Crippen molar-refractivity contribution >= 4 is 115 Å². The van der Waals surface area contributed by atoms with Gasteiger partial charge < -0.3 is 9.31 Å². The Morgan fingerprint density at radius 3 is 0.905 bits per heavy atom. The van der Waals surface area contributed by atoms with E-state index in [0.717, 1.165) is 72.2 Å². The fourth-order valence-corrected chi connectivity index (χ4v) is 22.7. The van der Waals surface area contributed by atoms with E-state index in [-0.39, 0.29) is 31.0 Å². The van der Waals surface area contributed by atoms with Crippen LogP contribution in [0.15, 0.2) is 449 Å². The smallest absolute Gasteiger partial charge is 0.399 e. The van der Waals surface area contributed by atoms with Crippen LogP contribution in [0.5, 0.6) is 0 Å². The molecule has 0 amide bonds. The van der Waals surface area contributed by atoms with E-state index in [1.165, 1.54) is 113 Å². The Balaban J connectivity index is 0.000000130. The number of hydrogen-bond acceptors (Lipinski definition) is 10. The molecule has 2 radical (unpaired) electrons. The molecule has 25 rings (SSSR count). The predicted molar refractivity (Wildman–Crippen MR) is 583 cm³/mol. The number of halogens is 2. The van der Waals surface area contributed by atoms with Crippen LogP contribution in [0.4, 0.5) is 0 Å². The zero-order valence-electron chi connectivity index (χ0n) is 75.0. The largest absolute Gasteiger partial charge is 0.494 e. The Kier molecular flexibility index (Phi) is 24.5. The van der Waals surface area contributed by atoms with Crippen molar-refractivity contribution in [1.29, 1.82) is 0 Å². The zero-order valence-corrected chi connectivity index (χ0v) is 79.5. The molecular weight excluding hydrogens is 1840 g/mol. The maximum atomic E-state index is 6.61. The van der Waals surface area contributed by atoms with Gasteiger partial charge in [-0.15, -0.1) is 22.7 Å². The molecule has 1 aliphatic heterocycles. The lowest BCUT2D eigenvalue weighted by molar-refractivity contribution is 0.00578. The van der Waals surface area contributed by atoms with E-state index in [2.05, 4.69) is 456 Å². The summed E-state index contributed by atoms with van der Waals surface area (Å²) in [6, 6.07) is 159. The summed E-state index contributed by atoms with van der Waals surface area (Å²) in [5.41, 5.74) is 32.3. The lowest BCUT2D eigenvalue weighted by Gasteiger charge is -2.33. The molecule has 3 aliphatic rings. The molecule has 22 aromatic rings. The fraction of sp³-hybridized carbons (Fsp3) is 0.0732. The van der Waals surface area contributed by atoms with Gasteiger partial charge in [-0.05, 0) is 180 Å². The van der Waals surface area contributed by atoms with Crippen molar-refractivity contribution in [2.75, 3.05) is 0 Å². The lowest BCUT2D eigenvalue weighted by atomic mass is 9.67. The molecule has 14 heteroatoms. The summed E-state index contributed by atoms with van der Waals surface area (Å²) in [6.45, 7) is 8.35. The number of fused-ring (bicyclic) bond motifs is 12. The topological polar surface area (TPSA) is 95.8 Å². The summed E-state index contributed by atoms with van der Waals surface area (Å²) in [4.78, 5) is 30.2. The summed E-state index contributed by atoms with van der Waals surface area (Å²) in [5.74, 6) is 2.99. The van der Waals surface area contributed by atoms with Gasteiger partial charge in [0.15, 0.2) is 34.8 Å². The Hall–Kier alpha value is -14.5. The van der Waals surface area contributed by atoms with Crippen molar-refractivity contribution in [3.05, 3.63) is 499 Å². The molecule has 0 saturated carbocycles. The van der Waals surface area contributed by atoms with Crippen molar-refractivity contribution in [3.8, 4) is 124 Å². The van der Waals surface area contributed by atoms with Gasteiger partial charge in [0.1, 0.15) is 0 Å². The van der Waals surface area contributed by atoms with Gasteiger partial charge in [0, 0.05) is 68.2 Å². The maximum absolute atomic E-state index is 6.61. The Bertz CT molecular complexity index is 8090. The van der Waals surface area contributed by atoms with E-state index in [1.54, 1.807) is 22.4 Å². The first-order valence-electron chi connectivity index (χ1n) is 45.6. The number of aromatic nitrogens is 6. The molecule has 5 heterocycles. The second-order valence-electron chi connectivity index (χ2n) is 35.3. The highest BCUT2D eigenvalue weighted by Crippen LogP contribution is 2.61. The molecule has 1 fully saturated rings. The number of hydrogen-bond donors (Lipinski definition) is 0. The molecule has 656 valence electrons. The molecule has 0 unspecified atom stereocenters. The van der Waals surface area contributed by atoms with Crippen LogP contribution in [0.1, 0.15) is 79.6 Å². The third kappa shape index (κ3) is 16.1. The second kappa shape index (κ2) is 37.6. The third-order valence-electron chi connectivity index (χ3n) is 27.2. The van der Waals surface area contributed by atoms with Crippen LogP contribution in [-0.4, -0.2) is 53.9 Å². The van der Waals surface area contributed by atoms with Crippen molar-refractivity contribution in [1.82, 2.24) is 29.9 Å². The number of benzene rings is 18. The standard InChI is InChI=1S/C58H37N3S.C40H26ClN3.C24H23BO2S.CH4.BI/c1-4-16-38(17-5-1)39-30-34-41(35-31-39)55-59-56(42-36-32-40(33-37-42)45-24-15-29-52-54(45)47-23-11-13-28-51(47)62-52)61-57(60-55)48-25-14-27-50-53(48)46-22-10-12-26-49(46)58(50,43-18-6-2-7-19-43)44-20-8-3-9-21-44;41-39-43-37(29-25-23-28(24-26-29)27-13-4-1-5-14-27)42-38(44-39)33-20-12-22-35-36(33)32-19-10-11-21-34(32)40(35,30-15-6-2-7-16-30)31-17-8-3-9-18-31;1-23(2)24(3,4)27-25(26-23)17-14-12-16(13-15-17)18-9-7-11-21-22(18)19-8-5-6-10-20(19)28-21;;1-2/h1-37H;1-26H;5-15H,1-4H3;1H4;. The molecule has 0 atom stereocenters. The minimum atomic E-state index is -0.539. The van der Waals surface area contributed by atoms with Crippen LogP contribution in [0.3, 0.4) is 0 Å². The SMILES string of the molecule is C.CC1(C)OB(c2ccc(-c3cccc4sc5ccccc5c34)cc2)OC1(C)C.Clc1nc(-c2ccc(-c3ccccc3)cc2)nc(-c2cccc3c2-c2ccccc2C3(c2ccccc2)c2ccccc2)n1.[B]I.c1ccc(-c2ccc(-c3nc(-c4ccc(-c5cccc6sc7ccccc7c56)cc4)nc(-c4cccc5c4-c4ccccc4C5(c4ccccc4)c4ccccc4)n3)cc2)cc1. The van der Waals surface area contributed by atoms with Gasteiger partial charge in [-0.25, -0.2) is 19.9 Å². The molecule has 4 aromatic heterocycles. The molecule has 8 nitrogen and oxygen atoms in total. The van der Waals surface area contributed by atoms with Crippen molar-refractivity contribution in [3.63, 3.8) is 0 Å². The van der Waals surface area contributed by atoms with Crippen LogP contribution in [0.2, 0.25) is 5.28 Å². The first kappa shape index (κ1) is 89.0. The quantitative estimate of drug-likeness (QED) is 0.0785. The van der Waals surface area contributed by atoms with Crippen LogP contribution < -0.4 is 5.46 Å². The average molecular weight is 1930 g/mol.